The molecule has 0 saturated heterocycles. The van der Waals surface area contributed by atoms with Gasteiger partial charge >= 0.3 is 0 Å². The van der Waals surface area contributed by atoms with E-state index < -0.39 is 0 Å². The monoisotopic (exact) mass is 458 g/mol. The van der Waals surface area contributed by atoms with E-state index in [1.54, 1.807) is 0 Å². The quantitative estimate of drug-likeness (QED) is 0.403. The van der Waals surface area contributed by atoms with Gasteiger partial charge < -0.3 is 4.74 Å². The molecule has 0 radical (unpaired) electrons. The Balaban J connectivity index is 1.89. The predicted molar refractivity (Wildman–Crippen MR) is 124 cm³/mol. The van der Waals surface area contributed by atoms with Crippen LogP contribution in [0.1, 0.15) is 59.1 Å². The molecule has 0 aliphatic heterocycles. The van der Waals surface area contributed by atoms with Crippen molar-refractivity contribution in [3.05, 3.63) is 64.1 Å². The molecule has 0 bridgehead atoms. The minimum absolute atomic E-state index is 0.0762. The van der Waals surface area contributed by atoms with Gasteiger partial charge in [0.15, 0.2) is 6.61 Å². The lowest BCUT2D eigenvalue weighted by atomic mass is 9.72. The molecule has 0 aliphatic carbocycles. The molecule has 0 saturated carbocycles. The van der Waals surface area contributed by atoms with Crippen molar-refractivity contribution in [1.82, 2.24) is 5.43 Å². The van der Waals surface area contributed by atoms with Crippen LogP contribution in [0.25, 0.3) is 0 Å². The lowest BCUT2D eigenvalue weighted by Gasteiger charge is -2.33. The third kappa shape index (κ3) is 7.65. The zero-order valence-electron chi connectivity index (χ0n) is 18.2. The van der Waals surface area contributed by atoms with Crippen LogP contribution in [-0.2, 0) is 10.2 Å². The number of hydrogen-bond donors (Lipinski definition) is 1. The minimum atomic E-state index is -0.295. The Morgan fingerprint density at radius 3 is 2.31 bits per heavy atom. The molecule has 156 valence electrons. The fourth-order valence-corrected chi connectivity index (χ4v) is 3.93. The largest absolute Gasteiger partial charge is 0.484 e. The summed E-state index contributed by atoms with van der Waals surface area (Å²) in [6, 6.07) is 15.8. The highest BCUT2D eigenvalue weighted by Crippen LogP contribution is 2.36. The molecule has 0 fully saturated rings. The first-order valence-corrected chi connectivity index (χ1v) is 10.6. The van der Waals surface area contributed by atoms with E-state index in [2.05, 4.69) is 73.2 Å². The highest BCUT2D eigenvalue weighted by Gasteiger charge is 2.27. The van der Waals surface area contributed by atoms with Gasteiger partial charge in [-0.3, -0.25) is 4.79 Å². The Morgan fingerprint density at radius 2 is 1.72 bits per heavy atom. The molecule has 2 aromatic rings. The summed E-state index contributed by atoms with van der Waals surface area (Å²) in [6.45, 7) is 13.0. The van der Waals surface area contributed by atoms with Crippen LogP contribution in [-0.4, -0.2) is 18.2 Å². The molecular weight excluding hydrogens is 428 g/mol. The molecule has 1 N–H and O–H groups in total. The molecule has 2 aromatic carbocycles. The van der Waals surface area contributed by atoms with Crippen LogP contribution in [0.15, 0.2) is 58.1 Å². The lowest BCUT2D eigenvalue weighted by molar-refractivity contribution is -0.123. The number of carbonyl (C=O) groups is 1. The van der Waals surface area contributed by atoms with Gasteiger partial charge in [-0.25, -0.2) is 5.43 Å². The zero-order valence-corrected chi connectivity index (χ0v) is 19.8. The summed E-state index contributed by atoms with van der Waals surface area (Å²) < 4.78 is 6.57. The first-order chi connectivity index (χ1) is 13.5. The van der Waals surface area contributed by atoms with E-state index in [1.807, 2.05) is 43.3 Å². The van der Waals surface area contributed by atoms with E-state index in [0.29, 0.717) is 5.75 Å². The van der Waals surface area contributed by atoms with Crippen molar-refractivity contribution in [3.63, 3.8) is 0 Å². The fourth-order valence-electron chi connectivity index (χ4n) is 3.54. The van der Waals surface area contributed by atoms with E-state index in [4.69, 9.17) is 4.74 Å². The van der Waals surface area contributed by atoms with Crippen LogP contribution in [0, 0.1) is 5.41 Å². The molecule has 0 heterocycles. The molecule has 0 aliphatic rings. The summed E-state index contributed by atoms with van der Waals surface area (Å²) in [4.78, 5) is 12.0. The summed E-state index contributed by atoms with van der Waals surface area (Å²) in [5, 5.41) is 4.14. The van der Waals surface area contributed by atoms with E-state index >= 15 is 0 Å². The van der Waals surface area contributed by atoms with Crippen LogP contribution in [0.3, 0.4) is 0 Å². The molecule has 0 atom stereocenters. The van der Waals surface area contributed by atoms with Crippen LogP contribution in [0.4, 0.5) is 0 Å². The number of nitrogens with zero attached hydrogens (tertiary/aromatic N) is 1. The third-order valence-electron chi connectivity index (χ3n) is 4.57. The Labute approximate surface area is 182 Å². The standard InChI is InChI=1S/C24H31BrN2O2/c1-17(18-8-7-9-20(25)14-18)26-27-22(28)15-29-21-12-10-19(11-13-21)24(5,6)16-23(2,3)4/h7-14H,15-16H2,1-6H3,(H,27,28). The van der Waals surface area contributed by atoms with E-state index in [1.165, 1.54) is 5.56 Å². The van der Waals surface area contributed by atoms with Crippen molar-refractivity contribution in [1.29, 1.82) is 0 Å². The Hall–Kier alpha value is -2.14. The highest BCUT2D eigenvalue weighted by molar-refractivity contribution is 9.10. The summed E-state index contributed by atoms with van der Waals surface area (Å²) in [7, 11) is 0. The number of benzene rings is 2. The lowest BCUT2D eigenvalue weighted by Crippen LogP contribution is -2.26. The molecule has 0 spiro atoms. The molecule has 29 heavy (non-hydrogen) atoms. The van der Waals surface area contributed by atoms with Gasteiger partial charge in [-0.1, -0.05) is 74.8 Å². The number of hydrogen-bond acceptors (Lipinski definition) is 3. The summed E-state index contributed by atoms with van der Waals surface area (Å²) in [6.07, 6.45) is 1.08. The fraction of sp³-hybridized carbons (Fsp3) is 0.417. The van der Waals surface area contributed by atoms with Crippen LogP contribution in [0.2, 0.25) is 0 Å². The Bertz CT molecular complexity index is 865. The van der Waals surface area contributed by atoms with Gasteiger partial charge in [0.2, 0.25) is 0 Å². The third-order valence-corrected chi connectivity index (χ3v) is 5.06. The average Bonchev–Trinajstić information content (AvgIpc) is 2.63. The predicted octanol–water partition coefficient (Wildman–Crippen LogP) is 6.08. The van der Waals surface area contributed by atoms with Crippen molar-refractivity contribution in [2.45, 2.75) is 53.4 Å². The van der Waals surface area contributed by atoms with Gasteiger partial charge in [0.05, 0.1) is 5.71 Å². The van der Waals surface area contributed by atoms with Gasteiger partial charge in [-0.15, -0.1) is 0 Å². The zero-order chi connectivity index (χ0) is 21.7. The molecule has 1 amide bonds. The van der Waals surface area contributed by atoms with Crippen molar-refractivity contribution >= 4 is 27.5 Å². The minimum Gasteiger partial charge on any atom is -0.484 e. The first kappa shape index (κ1) is 23.1. The second kappa shape index (κ2) is 9.57. The number of amides is 1. The summed E-state index contributed by atoms with van der Waals surface area (Å²) in [5.74, 6) is 0.375. The van der Waals surface area contributed by atoms with Crippen molar-refractivity contribution in [3.8, 4) is 5.75 Å². The topological polar surface area (TPSA) is 50.7 Å². The first-order valence-electron chi connectivity index (χ1n) is 9.79. The molecule has 2 rings (SSSR count). The van der Waals surface area contributed by atoms with E-state index in [-0.39, 0.29) is 23.3 Å². The molecule has 0 aromatic heterocycles. The Kier molecular flexibility index (Phi) is 7.64. The average molecular weight is 459 g/mol. The van der Waals surface area contributed by atoms with Crippen LogP contribution >= 0.6 is 15.9 Å². The summed E-state index contributed by atoms with van der Waals surface area (Å²) in [5.41, 5.74) is 5.80. The van der Waals surface area contributed by atoms with Crippen molar-refractivity contribution < 1.29 is 9.53 Å². The van der Waals surface area contributed by atoms with Crippen molar-refractivity contribution in [2.24, 2.45) is 10.5 Å². The second-order valence-corrected chi connectivity index (χ2v) is 10.1. The maximum Gasteiger partial charge on any atom is 0.277 e. The number of carbonyl (C=O) groups excluding carboxylic acids is 1. The van der Waals surface area contributed by atoms with Crippen LogP contribution < -0.4 is 10.2 Å². The molecule has 0 unspecified atom stereocenters. The van der Waals surface area contributed by atoms with Crippen LogP contribution in [0.5, 0.6) is 5.75 Å². The second-order valence-electron chi connectivity index (χ2n) is 9.18. The van der Waals surface area contributed by atoms with Gasteiger partial charge in [0, 0.05) is 4.47 Å². The molecular formula is C24H31BrN2O2. The van der Waals surface area contributed by atoms with E-state index in [9.17, 15) is 4.79 Å². The number of nitrogens with one attached hydrogen (secondary N) is 1. The smallest absolute Gasteiger partial charge is 0.277 e. The molecule has 5 heteroatoms. The van der Waals surface area contributed by atoms with Crippen molar-refractivity contribution in [2.75, 3.05) is 6.61 Å². The van der Waals surface area contributed by atoms with Gasteiger partial charge in [-0.05, 0) is 59.6 Å². The van der Waals surface area contributed by atoms with Gasteiger partial charge in [0.25, 0.3) is 5.91 Å². The van der Waals surface area contributed by atoms with Gasteiger partial charge in [0.1, 0.15) is 5.75 Å². The van der Waals surface area contributed by atoms with E-state index in [0.717, 1.165) is 22.2 Å². The number of ether oxygens (including phenoxy) is 1. The normalized spacial score (nSPS) is 12.6. The molecule has 4 nitrogen and oxygen atoms in total. The summed E-state index contributed by atoms with van der Waals surface area (Å²) >= 11 is 3.43. The maximum atomic E-state index is 12.0. The van der Waals surface area contributed by atoms with Gasteiger partial charge in [-0.2, -0.15) is 5.10 Å². The number of halogens is 1. The maximum absolute atomic E-state index is 12.0. The Morgan fingerprint density at radius 1 is 1.07 bits per heavy atom. The highest BCUT2D eigenvalue weighted by atomic mass is 79.9. The SMILES string of the molecule is CC(=NNC(=O)COc1ccc(C(C)(C)CC(C)(C)C)cc1)c1cccc(Br)c1. The number of rotatable bonds is 7. The number of hydrazone groups is 1.